The number of hydrogen-bond donors (Lipinski definition) is 3. The van der Waals surface area contributed by atoms with Crippen LogP contribution >= 0.6 is 0 Å². The van der Waals surface area contributed by atoms with Crippen molar-refractivity contribution >= 4 is 17.3 Å². The minimum absolute atomic E-state index is 0.132. The molecule has 0 aliphatic rings. The van der Waals surface area contributed by atoms with Gasteiger partial charge in [-0.1, -0.05) is 30.3 Å². The molecule has 0 saturated heterocycles. The van der Waals surface area contributed by atoms with E-state index in [1.807, 2.05) is 54.6 Å². The number of aliphatic hydroxyl groups is 1. The number of amides is 1. The Bertz CT molecular complexity index is 847. The van der Waals surface area contributed by atoms with E-state index in [0.29, 0.717) is 5.56 Å². The minimum Gasteiger partial charge on any atom is -0.384 e. The topological polar surface area (TPSA) is 74.2 Å². The zero-order valence-corrected chi connectivity index (χ0v) is 14.5. The van der Waals surface area contributed by atoms with Gasteiger partial charge < -0.3 is 15.7 Å². The number of nitrogens with zero attached hydrogens (tertiary/aromatic N) is 1. The van der Waals surface area contributed by atoms with Crippen molar-refractivity contribution in [1.29, 1.82) is 0 Å². The lowest BCUT2D eigenvalue weighted by Crippen LogP contribution is -2.38. The van der Waals surface area contributed by atoms with Gasteiger partial charge in [-0.05, 0) is 48.9 Å². The Labute approximate surface area is 152 Å². The summed E-state index contributed by atoms with van der Waals surface area (Å²) >= 11 is 0. The number of carbonyl (C=O) groups excluding carboxylic acids is 1. The van der Waals surface area contributed by atoms with Crippen LogP contribution in [-0.2, 0) is 5.60 Å². The van der Waals surface area contributed by atoms with Crippen LogP contribution in [0.5, 0.6) is 0 Å². The van der Waals surface area contributed by atoms with Gasteiger partial charge in [0.1, 0.15) is 5.60 Å². The molecule has 0 aliphatic carbocycles. The molecule has 1 aromatic heterocycles. The van der Waals surface area contributed by atoms with Crippen molar-refractivity contribution in [1.82, 2.24) is 10.3 Å². The van der Waals surface area contributed by atoms with Gasteiger partial charge >= 0.3 is 0 Å². The quantitative estimate of drug-likeness (QED) is 0.638. The molecule has 0 fully saturated rings. The van der Waals surface area contributed by atoms with Gasteiger partial charge in [-0.2, -0.15) is 0 Å². The predicted octanol–water partition coefficient (Wildman–Crippen LogP) is 3.46. The molecule has 3 N–H and O–H groups in total. The SMILES string of the molecule is CC(O)(CNC(=O)c1ccc(Nc2ccncc2)cc1)c1ccccc1. The summed E-state index contributed by atoms with van der Waals surface area (Å²) in [5.41, 5.74) is 1.98. The molecule has 132 valence electrons. The molecule has 0 spiro atoms. The van der Waals surface area contributed by atoms with Crippen LogP contribution in [0.15, 0.2) is 79.1 Å². The number of pyridine rings is 1. The lowest BCUT2D eigenvalue weighted by molar-refractivity contribution is 0.0526. The van der Waals surface area contributed by atoms with E-state index in [2.05, 4.69) is 15.6 Å². The number of anilines is 2. The van der Waals surface area contributed by atoms with Gasteiger partial charge in [0.15, 0.2) is 0 Å². The Morgan fingerprint density at radius 3 is 2.23 bits per heavy atom. The van der Waals surface area contributed by atoms with Gasteiger partial charge in [0.2, 0.25) is 0 Å². The molecule has 1 heterocycles. The minimum atomic E-state index is -1.13. The molecule has 1 amide bonds. The smallest absolute Gasteiger partial charge is 0.251 e. The number of benzene rings is 2. The van der Waals surface area contributed by atoms with E-state index in [1.165, 1.54) is 0 Å². The van der Waals surface area contributed by atoms with Crippen LogP contribution in [0.25, 0.3) is 0 Å². The Morgan fingerprint density at radius 2 is 1.58 bits per heavy atom. The van der Waals surface area contributed by atoms with E-state index >= 15 is 0 Å². The zero-order chi connectivity index (χ0) is 18.4. The van der Waals surface area contributed by atoms with Crippen molar-refractivity contribution < 1.29 is 9.90 Å². The van der Waals surface area contributed by atoms with Gasteiger partial charge in [0.25, 0.3) is 5.91 Å². The van der Waals surface area contributed by atoms with E-state index < -0.39 is 5.60 Å². The van der Waals surface area contributed by atoms with Crippen molar-refractivity contribution in [3.8, 4) is 0 Å². The molecule has 3 aromatic rings. The second-order valence-corrected chi connectivity index (χ2v) is 6.26. The van der Waals surface area contributed by atoms with Crippen LogP contribution in [0, 0.1) is 0 Å². The second-order valence-electron chi connectivity index (χ2n) is 6.26. The molecule has 26 heavy (non-hydrogen) atoms. The number of aromatic nitrogens is 1. The highest BCUT2D eigenvalue weighted by molar-refractivity contribution is 5.94. The third kappa shape index (κ3) is 4.46. The fourth-order valence-corrected chi connectivity index (χ4v) is 2.56. The summed E-state index contributed by atoms with van der Waals surface area (Å²) < 4.78 is 0. The molecule has 5 nitrogen and oxygen atoms in total. The summed E-state index contributed by atoms with van der Waals surface area (Å²) in [7, 11) is 0. The van der Waals surface area contributed by atoms with Crippen molar-refractivity contribution in [3.63, 3.8) is 0 Å². The van der Waals surface area contributed by atoms with Gasteiger partial charge in [-0.15, -0.1) is 0 Å². The maximum atomic E-state index is 12.3. The number of rotatable bonds is 6. The van der Waals surface area contributed by atoms with E-state index in [4.69, 9.17) is 0 Å². The molecular formula is C21H21N3O2. The molecule has 3 rings (SSSR count). The Morgan fingerprint density at radius 1 is 0.962 bits per heavy atom. The Balaban J connectivity index is 1.60. The van der Waals surface area contributed by atoms with Crippen LogP contribution in [0.2, 0.25) is 0 Å². The molecule has 2 aromatic carbocycles. The maximum absolute atomic E-state index is 12.3. The van der Waals surface area contributed by atoms with E-state index in [-0.39, 0.29) is 12.5 Å². The predicted molar refractivity (Wildman–Crippen MR) is 102 cm³/mol. The van der Waals surface area contributed by atoms with Gasteiger partial charge in [-0.3, -0.25) is 9.78 Å². The third-order valence-corrected chi connectivity index (χ3v) is 4.10. The van der Waals surface area contributed by atoms with Gasteiger partial charge in [0, 0.05) is 29.3 Å². The van der Waals surface area contributed by atoms with Crippen molar-refractivity contribution in [3.05, 3.63) is 90.3 Å². The molecule has 1 atom stereocenters. The Kier molecular flexibility index (Phi) is 5.29. The highest BCUT2D eigenvalue weighted by Crippen LogP contribution is 2.20. The standard InChI is InChI=1S/C21H21N3O2/c1-21(26,17-5-3-2-4-6-17)15-23-20(25)16-7-9-18(10-8-16)24-19-11-13-22-14-12-19/h2-14,26H,15H2,1H3,(H,22,24)(H,23,25). The molecule has 1 unspecified atom stereocenters. The first kappa shape index (κ1) is 17.6. The van der Waals surface area contributed by atoms with Crippen LogP contribution in [0.4, 0.5) is 11.4 Å². The average Bonchev–Trinajstić information content (AvgIpc) is 2.68. The molecule has 0 bridgehead atoms. The first-order valence-electron chi connectivity index (χ1n) is 8.38. The fraction of sp³-hybridized carbons (Fsp3) is 0.143. The van der Waals surface area contributed by atoms with E-state index in [1.54, 1.807) is 31.5 Å². The lowest BCUT2D eigenvalue weighted by atomic mass is 9.96. The lowest BCUT2D eigenvalue weighted by Gasteiger charge is -2.24. The van der Waals surface area contributed by atoms with Crippen LogP contribution < -0.4 is 10.6 Å². The summed E-state index contributed by atoms with van der Waals surface area (Å²) in [5, 5.41) is 16.6. The van der Waals surface area contributed by atoms with E-state index in [0.717, 1.165) is 16.9 Å². The van der Waals surface area contributed by atoms with Crippen molar-refractivity contribution in [2.45, 2.75) is 12.5 Å². The molecule has 0 radical (unpaired) electrons. The fourth-order valence-electron chi connectivity index (χ4n) is 2.56. The van der Waals surface area contributed by atoms with Crippen LogP contribution in [0.3, 0.4) is 0 Å². The summed E-state index contributed by atoms with van der Waals surface area (Å²) in [4.78, 5) is 16.3. The molecule has 5 heteroatoms. The highest BCUT2D eigenvalue weighted by atomic mass is 16.3. The van der Waals surface area contributed by atoms with Crippen molar-refractivity contribution in [2.24, 2.45) is 0 Å². The summed E-state index contributed by atoms with van der Waals surface area (Å²) in [5.74, 6) is -0.225. The first-order valence-corrected chi connectivity index (χ1v) is 8.38. The monoisotopic (exact) mass is 347 g/mol. The molecule has 0 aliphatic heterocycles. The van der Waals surface area contributed by atoms with Crippen molar-refractivity contribution in [2.75, 3.05) is 11.9 Å². The molecular weight excluding hydrogens is 326 g/mol. The summed E-state index contributed by atoms with van der Waals surface area (Å²) in [6.07, 6.45) is 3.42. The number of carbonyl (C=O) groups is 1. The normalized spacial score (nSPS) is 12.8. The third-order valence-electron chi connectivity index (χ3n) is 4.10. The first-order chi connectivity index (χ1) is 12.5. The maximum Gasteiger partial charge on any atom is 0.251 e. The van der Waals surface area contributed by atoms with Gasteiger partial charge in [0.05, 0.1) is 6.54 Å². The largest absolute Gasteiger partial charge is 0.384 e. The van der Waals surface area contributed by atoms with Crippen LogP contribution in [0.1, 0.15) is 22.8 Å². The van der Waals surface area contributed by atoms with Crippen LogP contribution in [-0.4, -0.2) is 22.5 Å². The van der Waals surface area contributed by atoms with Gasteiger partial charge in [-0.25, -0.2) is 0 Å². The summed E-state index contributed by atoms with van der Waals surface area (Å²) in [6.45, 7) is 1.82. The zero-order valence-electron chi connectivity index (χ0n) is 14.5. The Hall–Kier alpha value is -3.18. The van der Waals surface area contributed by atoms with E-state index in [9.17, 15) is 9.90 Å². The summed E-state index contributed by atoms with van der Waals surface area (Å²) in [6, 6.07) is 20.2. The molecule has 0 saturated carbocycles. The average molecular weight is 347 g/mol. The number of nitrogens with one attached hydrogen (secondary N) is 2. The number of hydrogen-bond acceptors (Lipinski definition) is 4. The highest BCUT2D eigenvalue weighted by Gasteiger charge is 2.23. The second kappa shape index (κ2) is 7.80.